The van der Waals surface area contributed by atoms with Crippen LogP contribution in [0.3, 0.4) is 0 Å². The van der Waals surface area contributed by atoms with Crippen molar-refractivity contribution in [2.45, 2.75) is 13.2 Å². The molecule has 4 rings (SSSR count). The SMILES string of the molecule is Cn1ncc2c(=O)n(CC(=O)OCc3noc(-c4ccc(F)cc4)n3)cnc21. The van der Waals surface area contributed by atoms with Gasteiger partial charge in [0, 0.05) is 12.6 Å². The van der Waals surface area contributed by atoms with Gasteiger partial charge < -0.3 is 9.26 Å². The fraction of sp³-hybridized carbons (Fsp3) is 0.176. The summed E-state index contributed by atoms with van der Waals surface area (Å²) in [6.45, 7) is -0.555. The van der Waals surface area contributed by atoms with E-state index in [1.54, 1.807) is 7.05 Å². The zero-order valence-corrected chi connectivity index (χ0v) is 14.6. The number of hydrogen-bond acceptors (Lipinski definition) is 8. The van der Waals surface area contributed by atoms with Gasteiger partial charge in [-0.2, -0.15) is 10.1 Å². The van der Waals surface area contributed by atoms with Crippen LogP contribution >= 0.6 is 0 Å². The number of hydrogen-bond donors (Lipinski definition) is 0. The van der Waals surface area contributed by atoms with E-state index in [9.17, 15) is 14.0 Å². The molecule has 0 aliphatic heterocycles. The molecule has 28 heavy (non-hydrogen) atoms. The predicted molar refractivity (Wildman–Crippen MR) is 92.3 cm³/mol. The van der Waals surface area contributed by atoms with E-state index >= 15 is 0 Å². The summed E-state index contributed by atoms with van der Waals surface area (Å²) in [6.07, 6.45) is 2.65. The average Bonchev–Trinajstić information content (AvgIpc) is 3.30. The third-order valence-corrected chi connectivity index (χ3v) is 3.94. The molecule has 3 heterocycles. The van der Waals surface area contributed by atoms with Crippen LogP contribution in [-0.2, 0) is 29.7 Å². The maximum Gasteiger partial charge on any atom is 0.326 e. The first-order chi connectivity index (χ1) is 13.5. The molecule has 1 aromatic carbocycles. The van der Waals surface area contributed by atoms with Crippen LogP contribution in [0.1, 0.15) is 5.82 Å². The van der Waals surface area contributed by atoms with Crippen molar-refractivity contribution in [3.63, 3.8) is 0 Å². The van der Waals surface area contributed by atoms with Gasteiger partial charge in [-0.3, -0.25) is 18.8 Å². The molecule has 142 valence electrons. The number of rotatable bonds is 5. The Morgan fingerprint density at radius 3 is 2.86 bits per heavy atom. The van der Waals surface area contributed by atoms with Crippen LogP contribution in [0.2, 0.25) is 0 Å². The topological polar surface area (TPSA) is 118 Å². The largest absolute Gasteiger partial charge is 0.456 e. The van der Waals surface area contributed by atoms with Gasteiger partial charge in [0.2, 0.25) is 5.82 Å². The summed E-state index contributed by atoms with van der Waals surface area (Å²) in [6, 6.07) is 5.52. The van der Waals surface area contributed by atoms with Crippen LogP contribution in [0.5, 0.6) is 0 Å². The number of halogens is 1. The van der Waals surface area contributed by atoms with Gasteiger partial charge in [-0.15, -0.1) is 0 Å². The highest BCUT2D eigenvalue weighted by Gasteiger charge is 2.14. The maximum atomic E-state index is 13.0. The molecule has 0 aliphatic carbocycles. The Bertz CT molecular complexity index is 1210. The van der Waals surface area contributed by atoms with Crippen molar-refractivity contribution in [2.75, 3.05) is 0 Å². The van der Waals surface area contributed by atoms with E-state index in [1.165, 1.54) is 41.5 Å². The standard InChI is InChI=1S/C17H13FN6O4/c1-23-15-12(6-20-23)17(26)24(9-19-15)7-14(25)27-8-13-21-16(28-22-13)10-2-4-11(18)5-3-10/h2-6,9H,7-8H2,1H3. The monoisotopic (exact) mass is 384 g/mol. The molecular formula is C17H13FN6O4. The Hall–Kier alpha value is -3.89. The summed E-state index contributed by atoms with van der Waals surface area (Å²) in [4.78, 5) is 32.6. The minimum Gasteiger partial charge on any atom is -0.456 e. The Morgan fingerprint density at radius 1 is 1.29 bits per heavy atom. The van der Waals surface area contributed by atoms with E-state index in [0.29, 0.717) is 16.6 Å². The number of aromatic nitrogens is 6. The van der Waals surface area contributed by atoms with Crippen LogP contribution < -0.4 is 5.56 Å². The lowest BCUT2D eigenvalue weighted by Gasteiger charge is -2.05. The second-order valence-corrected chi connectivity index (χ2v) is 5.87. The molecule has 0 saturated carbocycles. The van der Waals surface area contributed by atoms with Gasteiger partial charge in [-0.05, 0) is 24.3 Å². The number of benzene rings is 1. The summed E-state index contributed by atoms with van der Waals surface area (Å²) < 4.78 is 25.7. The fourth-order valence-corrected chi connectivity index (χ4v) is 2.53. The zero-order chi connectivity index (χ0) is 19.7. The Balaban J connectivity index is 1.40. The molecule has 0 fully saturated rings. The molecule has 4 aromatic rings. The highest BCUT2D eigenvalue weighted by atomic mass is 19.1. The molecule has 0 atom stereocenters. The van der Waals surface area contributed by atoms with Crippen LogP contribution in [0.25, 0.3) is 22.5 Å². The Kier molecular flexibility index (Phi) is 4.39. The van der Waals surface area contributed by atoms with Crippen LogP contribution in [0, 0.1) is 5.82 Å². The molecule has 0 amide bonds. The number of aryl methyl sites for hydroxylation is 1. The summed E-state index contributed by atoms with van der Waals surface area (Å²) in [5, 5.41) is 7.97. The van der Waals surface area contributed by atoms with E-state index in [1.807, 2.05) is 0 Å². The highest BCUT2D eigenvalue weighted by Crippen LogP contribution is 2.17. The smallest absolute Gasteiger partial charge is 0.326 e. The molecular weight excluding hydrogens is 371 g/mol. The summed E-state index contributed by atoms with van der Waals surface area (Å²) in [5.74, 6) is -0.735. The number of ether oxygens (including phenoxy) is 1. The molecule has 3 aromatic heterocycles. The number of carbonyl (C=O) groups excluding carboxylic acids is 1. The van der Waals surface area contributed by atoms with E-state index in [-0.39, 0.29) is 30.7 Å². The van der Waals surface area contributed by atoms with Crippen molar-refractivity contribution in [1.82, 2.24) is 29.5 Å². The van der Waals surface area contributed by atoms with Crippen molar-refractivity contribution in [1.29, 1.82) is 0 Å². The summed E-state index contributed by atoms with van der Waals surface area (Å²) in [5.41, 5.74) is 0.567. The summed E-state index contributed by atoms with van der Waals surface area (Å²) >= 11 is 0. The fourth-order valence-electron chi connectivity index (χ4n) is 2.53. The van der Waals surface area contributed by atoms with Crippen molar-refractivity contribution in [2.24, 2.45) is 7.05 Å². The van der Waals surface area contributed by atoms with Crippen molar-refractivity contribution >= 4 is 17.0 Å². The molecule has 0 saturated heterocycles. The number of carbonyl (C=O) groups is 1. The molecule has 0 unspecified atom stereocenters. The predicted octanol–water partition coefficient (Wildman–Crippen LogP) is 1.06. The summed E-state index contributed by atoms with van der Waals surface area (Å²) in [7, 11) is 1.67. The van der Waals surface area contributed by atoms with Crippen LogP contribution in [-0.4, -0.2) is 35.4 Å². The van der Waals surface area contributed by atoms with E-state index in [4.69, 9.17) is 9.26 Å². The quantitative estimate of drug-likeness (QED) is 0.469. The normalized spacial score (nSPS) is 11.1. The van der Waals surface area contributed by atoms with Crippen molar-refractivity contribution in [3.8, 4) is 11.5 Å². The van der Waals surface area contributed by atoms with Gasteiger partial charge in [-0.25, -0.2) is 9.37 Å². The number of nitrogens with zero attached hydrogens (tertiary/aromatic N) is 6. The number of esters is 1. The molecule has 0 aliphatic rings. The van der Waals surface area contributed by atoms with E-state index in [0.717, 1.165) is 4.57 Å². The van der Waals surface area contributed by atoms with Gasteiger partial charge in [0.05, 0.1) is 6.20 Å². The maximum absolute atomic E-state index is 13.0. The zero-order valence-electron chi connectivity index (χ0n) is 14.6. The lowest BCUT2D eigenvalue weighted by molar-refractivity contribution is -0.146. The van der Waals surface area contributed by atoms with Gasteiger partial charge in [-0.1, -0.05) is 5.16 Å². The van der Waals surface area contributed by atoms with E-state index < -0.39 is 11.5 Å². The van der Waals surface area contributed by atoms with Crippen LogP contribution in [0.15, 0.2) is 46.1 Å². The molecule has 0 bridgehead atoms. The second-order valence-electron chi connectivity index (χ2n) is 5.87. The number of fused-ring (bicyclic) bond motifs is 1. The Labute approximate surface area is 156 Å². The first-order valence-electron chi connectivity index (χ1n) is 8.12. The molecule has 11 heteroatoms. The van der Waals surface area contributed by atoms with Crippen molar-refractivity contribution < 1.29 is 18.4 Å². The van der Waals surface area contributed by atoms with E-state index in [2.05, 4.69) is 20.2 Å². The lowest BCUT2D eigenvalue weighted by atomic mass is 10.2. The van der Waals surface area contributed by atoms with Crippen molar-refractivity contribution in [3.05, 3.63) is 58.8 Å². The molecule has 10 nitrogen and oxygen atoms in total. The first-order valence-corrected chi connectivity index (χ1v) is 8.12. The minimum atomic E-state index is -0.666. The van der Waals surface area contributed by atoms with Gasteiger partial charge in [0.15, 0.2) is 12.3 Å². The second kappa shape index (κ2) is 7.02. The van der Waals surface area contributed by atoms with Gasteiger partial charge in [0.25, 0.3) is 11.4 Å². The van der Waals surface area contributed by atoms with Crippen LogP contribution in [0.4, 0.5) is 4.39 Å². The van der Waals surface area contributed by atoms with Gasteiger partial charge >= 0.3 is 5.97 Å². The average molecular weight is 384 g/mol. The molecule has 0 spiro atoms. The van der Waals surface area contributed by atoms with Gasteiger partial charge in [0.1, 0.15) is 24.1 Å². The molecule has 0 N–H and O–H groups in total. The highest BCUT2D eigenvalue weighted by molar-refractivity contribution is 5.74. The Morgan fingerprint density at radius 2 is 2.07 bits per heavy atom. The lowest BCUT2D eigenvalue weighted by Crippen LogP contribution is -2.25. The third-order valence-electron chi connectivity index (χ3n) is 3.94. The molecule has 0 radical (unpaired) electrons. The third kappa shape index (κ3) is 3.37. The first kappa shape index (κ1) is 17.5. The minimum absolute atomic E-state index is 0.140.